The molecule has 0 saturated carbocycles. The minimum absolute atomic E-state index is 0.114. The molecule has 0 aliphatic rings. The number of quaternary nitrogens is 1. The molecule has 1 N–H and O–H groups in total. The van der Waals surface area contributed by atoms with Gasteiger partial charge in [-0.3, -0.25) is 19.8 Å². The first kappa shape index (κ1) is 20.7. The van der Waals surface area contributed by atoms with Gasteiger partial charge in [-0.2, -0.15) is 0 Å². The fraction of sp³-hybridized carbons (Fsp3) is 0.300. The van der Waals surface area contributed by atoms with Crippen LogP contribution in [-0.4, -0.2) is 49.6 Å². The maximum absolute atomic E-state index is 13.2. The largest absolute Gasteiger partial charge is 0.492 e. The second kappa shape index (κ2) is 8.97. The minimum atomic E-state index is -0.503. The maximum Gasteiger partial charge on any atom is 0.270 e. The Morgan fingerprint density at radius 2 is 2.03 bits per heavy atom. The molecule has 1 amide bonds. The van der Waals surface area contributed by atoms with Crippen LogP contribution < -0.4 is 14.5 Å². The van der Waals surface area contributed by atoms with Crippen molar-refractivity contribution in [1.29, 1.82) is 0 Å². The molecule has 0 radical (unpaired) electrons. The number of amides is 1. The summed E-state index contributed by atoms with van der Waals surface area (Å²) < 4.78 is 6.58. The number of thiazole rings is 1. The zero-order valence-corrected chi connectivity index (χ0v) is 17.4. The lowest BCUT2D eigenvalue weighted by molar-refractivity contribution is -0.856. The predicted octanol–water partition coefficient (Wildman–Crippen LogP) is 2.39. The molecule has 0 bridgehead atoms. The molecule has 152 valence electrons. The van der Waals surface area contributed by atoms with Crippen molar-refractivity contribution >= 4 is 38.3 Å². The molecule has 2 aromatic carbocycles. The SMILES string of the molecule is CCOc1cccc2sc(N(CC[NH+](C)C)C(=O)c3cccc([N+](=O)[O-])c3)nc12. The molecule has 0 atom stereocenters. The second-order valence-electron chi connectivity index (χ2n) is 6.75. The number of non-ortho nitro benzene ring substituents is 1. The number of aromatic nitrogens is 1. The summed E-state index contributed by atoms with van der Waals surface area (Å²) in [5, 5.41) is 11.6. The van der Waals surface area contributed by atoms with E-state index in [4.69, 9.17) is 4.74 Å². The van der Waals surface area contributed by atoms with Gasteiger partial charge in [0.2, 0.25) is 0 Å². The Hall–Kier alpha value is -3.04. The summed E-state index contributed by atoms with van der Waals surface area (Å²) in [4.78, 5) is 31.3. The Kier molecular flexibility index (Phi) is 6.40. The van der Waals surface area contributed by atoms with Gasteiger partial charge in [0, 0.05) is 17.7 Å². The van der Waals surface area contributed by atoms with Crippen molar-refractivity contribution in [1.82, 2.24) is 4.98 Å². The zero-order valence-electron chi connectivity index (χ0n) is 16.5. The summed E-state index contributed by atoms with van der Waals surface area (Å²) in [7, 11) is 4.00. The maximum atomic E-state index is 13.2. The molecule has 0 spiro atoms. The average molecular weight is 415 g/mol. The van der Waals surface area contributed by atoms with Gasteiger partial charge < -0.3 is 9.64 Å². The highest BCUT2D eigenvalue weighted by Crippen LogP contribution is 2.34. The van der Waals surface area contributed by atoms with Crippen LogP contribution in [0.4, 0.5) is 10.8 Å². The number of rotatable bonds is 8. The van der Waals surface area contributed by atoms with Crippen LogP contribution in [0.3, 0.4) is 0 Å². The van der Waals surface area contributed by atoms with E-state index in [1.807, 2.05) is 39.2 Å². The molecular weight excluding hydrogens is 392 g/mol. The first-order chi connectivity index (χ1) is 13.9. The number of para-hydroxylation sites is 1. The van der Waals surface area contributed by atoms with E-state index < -0.39 is 4.92 Å². The molecule has 8 nitrogen and oxygen atoms in total. The number of hydrogen-bond donors (Lipinski definition) is 1. The zero-order chi connectivity index (χ0) is 21.0. The van der Waals surface area contributed by atoms with Gasteiger partial charge >= 0.3 is 0 Å². The smallest absolute Gasteiger partial charge is 0.270 e. The number of fused-ring (bicyclic) bond motifs is 1. The van der Waals surface area contributed by atoms with E-state index in [1.54, 1.807) is 11.0 Å². The van der Waals surface area contributed by atoms with E-state index in [2.05, 4.69) is 4.98 Å². The third-order valence-electron chi connectivity index (χ3n) is 4.29. The third-order valence-corrected chi connectivity index (χ3v) is 5.33. The second-order valence-corrected chi connectivity index (χ2v) is 7.76. The van der Waals surface area contributed by atoms with Crippen LogP contribution in [0.2, 0.25) is 0 Å². The summed E-state index contributed by atoms with van der Waals surface area (Å²) in [5.41, 5.74) is 0.859. The highest BCUT2D eigenvalue weighted by Gasteiger charge is 2.24. The lowest BCUT2D eigenvalue weighted by Gasteiger charge is -2.20. The minimum Gasteiger partial charge on any atom is -0.492 e. The number of anilines is 1. The molecule has 1 heterocycles. The van der Waals surface area contributed by atoms with Gasteiger partial charge in [-0.05, 0) is 25.1 Å². The van der Waals surface area contributed by atoms with Gasteiger partial charge in [-0.1, -0.05) is 23.5 Å². The highest BCUT2D eigenvalue weighted by atomic mass is 32.1. The van der Waals surface area contributed by atoms with Crippen molar-refractivity contribution in [2.24, 2.45) is 0 Å². The fourth-order valence-electron chi connectivity index (χ4n) is 2.83. The molecular formula is C20H23N4O4S+. The van der Waals surface area contributed by atoms with E-state index in [1.165, 1.54) is 34.4 Å². The molecule has 29 heavy (non-hydrogen) atoms. The van der Waals surface area contributed by atoms with Crippen LogP contribution in [0.15, 0.2) is 42.5 Å². The monoisotopic (exact) mass is 415 g/mol. The Bertz CT molecular complexity index is 1030. The molecule has 3 aromatic rings. The van der Waals surface area contributed by atoms with Gasteiger partial charge in [0.1, 0.15) is 11.3 Å². The summed E-state index contributed by atoms with van der Waals surface area (Å²) in [6, 6.07) is 11.5. The summed E-state index contributed by atoms with van der Waals surface area (Å²) in [6.45, 7) is 3.57. The van der Waals surface area contributed by atoms with Crippen LogP contribution in [0.1, 0.15) is 17.3 Å². The lowest BCUT2D eigenvalue weighted by atomic mass is 10.2. The Morgan fingerprint density at radius 1 is 1.28 bits per heavy atom. The number of carbonyl (C=O) groups excluding carboxylic acids is 1. The number of nitrogens with one attached hydrogen (secondary N) is 1. The van der Waals surface area contributed by atoms with E-state index in [9.17, 15) is 14.9 Å². The van der Waals surface area contributed by atoms with Crippen molar-refractivity contribution in [2.75, 3.05) is 38.7 Å². The van der Waals surface area contributed by atoms with Crippen molar-refractivity contribution in [3.63, 3.8) is 0 Å². The first-order valence-electron chi connectivity index (χ1n) is 9.28. The van der Waals surface area contributed by atoms with Crippen LogP contribution in [0.25, 0.3) is 10.2 Å². The summed E-state index contributed by atoms with van der Waals surface area (Å²) >= 11 is 1.40. The van der Waals surface area contributed by atoms with Crippen molar-refractivity contribution in [3.05, 3.63) is 58.1 Å². The van der Waals surface area contributed by atoms with Crippen molar-refractivity contribution in [2.45, 2.75) is 6.92 Å². The number of nitro benzene ring substituents is 1. The standard InChI is InChI=1S/C20H22N4O4S/c1-4-28-16-9-6-10-17-18(16)21-20(29-17)23(12-11-22(2)3)19(25)14-7-5-8-15(13-14)24(26)27/h5-10,13H,4,11-12H2,1-3H3/p+1. The molecule has 0 unspecified atom stereocenters. The van der Waals surface area contributed by atoms with E-state index in [-0.39, 0.29) is 17.2 Å². The quantitative estimate of drug-likeness (QED) is 0.451. The fourth-order valence-corrected chi connectivity index (χ4v) is 3.83. The van der Waals surface area contributed by atoms with Crippen molar-refractivity contribution < 1.29 is 19.4 Å². The average Bonchev–Trinajstić information content (AvgIpc) is 3.13. The number of likely N-dealkylation sites (N-methyl/N-ethyl adjacent to an activating group) is 1. The number of carbonyl (C=O) groups is 1. The van der Waals surface area contributed by atoms with Gasteiger partial charge in [-0.15, -0.1) is 0 Å². The van der Waals surface area contributed by atoms with E-state index in [0.717, 1.165) is 4.70 Å². The molecule has 0 aliphatic heterocycles. The van der Waals surface area contributed by atoms with E-state index in [0.29, 0.717) is 36.1 Å². The normalized spacial score (nSPS) is 11.0. The Labute approximate surface area is 172 Å². The number of nitrogens with zero attached hydrogens (tertiary/aromatic N) is 3. The first-order valence-corrected chi connectivity index (χ1v) is 10.1. The Balaban J connectivity index is 2.02. The molecule has 1 aromatic heterocycles. The molecule has 9 heteroatoms. The van der Waals surface area contributed by atoms with Crippen LogP contribution in [0, 0.1) is 10.1 Å². The number of hydrogen-bond acceptors (Lipinski definition) is 6. The number of nitro groups is 1. The summed E-state index contributed by atoms with van der Waals surface area (Å²) in [5.74, 6) is 0.362. The highest BCUT2D eigenvalue weighted by molar-refractivity contribution is 7.22. The topological polar surface area (TPSA) is 90.0 Å². The van der Waals surface area contributed by atoms with Gasteiger partial charge in [0.15, 0.2) is 5.13 Å². The molecule has 0 fully saturated rings. The molecule has 3 rings (SSSR count). The van der Waals surface area contributed by atoms with Crippen LogP contribution in [-0.2, 0) is 0 Å². The third kappa shape index (κ3) is 4.69. The lowest BCUT2D eigenvalue weighted by Crippen LogP contribution is -3.06. The van der Waals surface area contributed by atoms with Crippen molar-refractivity contribution in [3.8, 4) is 5.75 Å². The van der Waals surface area contributed by atoms with Gasteiger partial charge in [0.05, 0.1) is 43.4 Å². The van der Waals surface area contributed by atoms with Crippen LogP contribution in [0.5, 0.6) is 5.75 Å². The van der Waals surface area contributed by atoms with Gasteiger partial charge in [-0.25, -0.2) is 4.98 Å². The Morgan fingerprint density at radius 3 is 2.72 bits per heavy atom. The molecule has 0 saturated heterocycles. The molecule has 0 aliphatic carbocycles. The van der Waals surface area contributed by atoms with Crippen LogP contribution >= 0.6 is 11.3 Å². The van der Waals surface area contributed by atoms with Gasteiger partial charge in [0.25, 0.3) is 11.6 Å². The number of benzene rings is 2. The number of ether oxygens (including phenoxy) is 1. The predicted molar refractivity (Wildman–Crippen MR) is 113 cm³/mol. The summed E-state index contributed by atoms with van der Waals surface area (Å²) in [6.07, 6.45) is 0. The van der Waals surface area contributed by atoms with E-state index >= 15 is 0 Å².